The molecule has 0 fully saturated rings. The molecule has 0 aliphatic rings. The van der Waals surface area contributed by atoms with Crippen LogP contribution in [0.1, 0.15) is 5.69 Å². The number of amides is 1. The van der Waals surface area contributed by atoms with Gasteiger partial charge >= 0.3 is 0 Å². The highest BCUT2D eigenvalue weighted by molar-refractivity contribution is 6.31. The summed E-state index contributed by atoms with van der Waals surface area (Å²) in [6.45, 7) is -0.653. The number of nitrogens with zero attached hydrogens (tertiary/aromatic N) is 4. The highest BCUT2D eigenvalue weighted by atomic mass is 35.5. The summed E-state index contributed by atoms with van der Waals surface area (Å²) in [4.78, 5) is 27.5. The van der Waals surface area contributed by atoms with Gasteiger partial charge in [0.25, 0.3) is 5.56 Å². The van der Waals surface area contributed by atoms with Crippen molar-refractivity contribution in [2.75, 3.05) is 20.8 Å². The average Bonchev–Trinajstić information content (AvgIpc) is 3.05. The zero-order valence-electron chi connectivity index (χ0n) is 16.6. The highest BCUT2D eigenvalue weighted by Crippen LogP contribution is 2.31. The SMILES string of the molecule is CN(C)C(=O)Cc1nn(-c2ccccc2)c(=O)c2c1c1ccc(Cl)cc1n2CCF. The van der Waals surface area contributed by atoms with E-state index in [0.29, 0.717) is 38.2 Å². The molecule has 30 heavy (non-hydrogen) atoms. The Labute approximate surface area is 177 Å². The summed E-state index contributed by atoms with van der Waals surface area (Å²) in [7, 11) is 3.33. The van der Waals surface area contributed by atoms with E-state index in [-0.39, 0.29) is 24.4 Å². The zero-order chi connectivity index (χ0) is 21.4. The molecule has 2 aromatic heterocycles. The van der Waals surface area contributed by atoms with Gasteiger partial charge in [-0.25, -0.2) is 4.39 Å². The normalized spacial score (nSPS) is 11.3. The minimum absolute atomic E-state index is 0.00451. The van der Waals surface area contributed by atoms with Crippen molar-refractivity contribution < 1.29 is 9.18 Å². The lowest BCUT2D eigenvalue weighted by molar-refractivity contribution is -0.128. The fourth-order valence-electron chi connectivity index (χ4n) is 3.64. The number of aromatic nitrogens is 3. The van der Waals surface area contributed by atoms with Crippen LogP contribution in [-0.2, 0) is 17.8 Å². The van der Waals surface area contributed by atoms with Gasteiger partial charge in [-0.2, -0.15) is 9.78 Å². The van der Waals surface area contributed by atoms with E-state index < -0.39 is 6.67 Å². The number of benzene rings is 2. The van der Waals surface area contributed by atoms with Gasteiger partial charge in [0, 0.05) is 29.9 Å². The van der Waals surface area contributed by atoms with Crippen molar-refractivity contribution in [3.63, 3.8) is 0 Å². The first-order valence-electron chi connectivity index (χ1n) is 9.47. The van der Waals surface area contributed by atoms with Crippen molar-refractivity contribution in [2.24, 2.45) is 0 Å². The van der Waals surface area contributed by atoms with Crippen molar-refractivity contribution in [2.45, 2.75) is 13.0 Å². The second-order valence-electron chi connectivity index (χ2n) is 7.19. The molecule has 6 nitrogen and oxygen atoms in total. The molecule has 0 saturated carbocycles. The maximum Gasteiger partial charge on any atom is 0.296 e. The fraction of sp³-hybridized carbons (Fsp3) is 0.227. The Balaban J connectivity index is 2.15. The summed E-state index contributed by atoms with van der Waals surface area (Å²) >= 11 is 6.18. The van der Waals surface area contributed by atoms with Crippen LogP contribution in [0.25, 0.3) is 27.5 Å². The molecule has 2 aromatic carbocycles. The predicted molar refractivity (Wildman–Crippen MR) is 116 cm³/mol. The van der Waals surface area contributed by atoms with Gasteiger partial charge in [0.05, 0.1) is 29.9 Å². The summed E-state index contributed by atoms with van der Waals surface area (Å²) in [6, 6.07) is 14.2. The molecule has 0 spiro atoms. The predicted octanol–water partition coefficient (Wildman–Crippen LogP) is 3.59. The minimum atomic E-state index is -0.648. The van der Waals surface area contributed by atoms with Crippen LogP contribution in [0.5, 0.6) is 0 Å². The maximum atomic E-state index is 13.5. The molecule has 2 heterocycles. The van der Waals surface area contributed by atoms with Crippen molar-refractivity contribution in [3.8, 4) is 5.69 Å². The lowest BCUT2D eigenvalue weighted by Crippen LogP contribution is -2.28. The zero-order valence-corrected chi connectivity index (χ0v) is 17.4. The average molecular weight is 427 g/mol. The van der Waals surface area contributed by atoms with Crippen molar-refractivity contribution >= 4 is 39.3 Å². The molecule has 1 amide bonds. The Kier molecular flexibility index (Phi) is 5.30. The van der Waals surface area contributed by atoms with Crippen LogP contribution in [0.4, 0.5) is 4.39 Å². The number of carbonyl (C=O) groups is 1. The molecule has 0 aliphatic heterocycles. The first-order valence-corrected chi connectivity index (χ1v) is 9.85. The molecule has 0 radical (unpaired) electrons. The van der Waals surface area contributed by atoms with Gasteiger partial charge in [-0.1, -0.05) is 35.9 Å². The van der Waals surface area contributed by atoms with E-state index in [9.17, 15) is 14.0 Å². The summed E-state index contributed by atoms with van der Waals surface area (Å²) in [6.07, 6.45) is 0.00792. The Bertz CT molecular complexity index is 1310. The van der Waals surface area contributed by atoms with E-state index in [4.69, 9.17) is 11.6 Å². The molecule has 154 valence electrons. The second-order valence-corrected chi connectivity index (χ2v) is 7.63. The number of aryl methyl sites for hydroxylation is 1. The number of alkyl halides is 1. The smallest absolute Gasteiger partial charge is 0.296 e. The van der Waals surface area contributed by atoms with Crippen LogP contribution >= 0.6 is 11.6 Å². The summed E-state index contributed by atoms with van der Waals surface area (Å²) in [5.41, 5.74) is 1.59. The standard InChI is InChI=1S/C22H20ClFN4O2/c1-26(2)19(29)13-17-20-16-9-8-14(23)12-18(16)27(11-10-24)21(20)22(30)28(25-17)15-6-4-3-5-7-15/h3-9,12H,10-11,13H2,1-2H3. The molecule has 4 aromatic rings. The number of likely N-dealkylation sites (N-methyl/N-ethyl adjacent to an activating group) is 1. The molecule has 8 heteroatoms. The maximum absolute atomic E-state index is 13.5. The number of carbonyl (C=O) groups excluding carboxylic acids is 1. The van der Waals surface area contributed by atoms with Gasteiger partial charge < -0.3 is 9.47 Å². The van der Waals surface area contributed by atoms with E-state index in [1.165, 1.54) is 9.58 Å². The van der Waals surface area contributed by atoms with Gasteiger partial charge in [-0.3, -0.25) is 9.59 Å². The van der Waals surface area contributed by atoms with Gasteiger partial charge in [-0.15, -0.1) is 0 Å². The summed E-state index contributed by atoms with van der Waals surface area (Å²) in [5, 5.41) is 6.31. The Morgan fingerprint density at radius 1 is 1.17 bits per heavy atom. The van der Waals surface area contributed by atoms with Crippen molar-refractivity contribution in [1.82, 2.24) is 19.2 Å². The van der Waals surface area contributed by atoms with Crippen LogP contribution in [0.2, 0.25) is 5.02 Å². The number of hydrogen-bond donors (Lipinski definition) is 0. The van der Waals surface area contributed by atoms with Crippen LogP contribution in [0.3, 0.4) is 0 Å². The second kappa shape index (κ2) is 7.91. The summed E-state index contributed by atoms with van der Waals surface area (Å²) in [5.74, 6) is -0.151. The Morgan fingerprint density at radius 3 is 2.57 bits per heavy atom. The van der Waals surface area contributed by atoms with E-state index in [1.807, 2.05) is 6.07 Å². The highest BCUT2D eigenvalue weighted by Gasteiger charge is 2.22. The molecule has 0 saturated heterocycles. The first-order chi connectivity index (χ1) is 14.4. The number of rotatable bonds is 5. The largest absolute Gasteiger partial charge is 0.348 e. The van der Waals surface area contributed by atoms with Gasteiger partial charge in [-0.05, 0) is 24.3 Å². The molecule has 0 unspecified atom stereocenters. The van der Waals surface area contributed by atoms with E-state index in [2.05, 4.69) is 5.10 Å². The lowest BCUT2D eigenvalue weighted by atomic mass is 10.1. The monoisotopic (exact) mass is 426 g/mol. The van der Waals surface area contributed by atoms with E-state index in [1.54, 1.807) is 61.1 Å². The topological polar surface area (TPSA) is 60.1 Å². The quantitative estimate of drug-likeness (QED) is 0.490. The summed E-state index contributed by atoms with van der Waals surface area (Å²) < 4.78 is 16.3. The van der Waals surface area contributed by atoms with Crippen LogP contribution in [-0.4, -0.2) is 45.9 Å². The molecule has 0 atom stereocenters. The van der Waals surface area contributed by atoms with E-state index >= 15 is 0 Å². The van der Waals surface area contributed by atoms with Crippen molar-refractivity contribution in [3.05, 3.63) is 69.6 Å². The fourth-order valence-corrected chi connectivity index (χ4v) is 3.81. The van der Waals surface area contributed by atoms with Gasteiger partial charge in [0.2, 0.25) is 5.91 Å². The third kappa shape index (κ3) is 3.35. The van der Waals surface area contributed by atoms with Crippen LogP contribution in [0.15, 0.2) is 53.3 Å². The molecule has 4 rings (SSSR count). The third-order valence-corrected chi connectivity index (χ3v) is 5.29. The number of fused-ring (bicyclic) bond motifs is 3. The van der Waals surface area contributed by atoms with Crippen LogP contribution in [0, 0.1) is 0 Å². The third-order valence-electron chi connectivity index (χ3n) is 5.06. The number of para-hydroxylation sites is 1. The number of hydrogen-bond acceptors (Lipinski definition) is 3. The van der Waals surface area contributed by atoms with E-state index in [0.717, 1.165) is 0 Å². The molecule has 0 N–H and O–H groups in total. The van der Waals surface area contributed by atoms with Gasteiger partial charge in [0.15, 0.2) is 0 Å². The molecule has 0 bridgehead atoms. The first kappa shape index (κ1) is 20.1. The van der Waals surface area contributed by atoms with Crippen LogP contribution < -0.4 is 5.56 Å². The lowest BCUT2D eigenvalue weighted by Gasteiger charge is -2.13. The molecule has 0 aliphatic carbocycles. The minimum Gasteiger partial charge on any atom is -0.348 e. The van der Waals surface area contributed by atoms with Crippen molar-refractivity contribution in [1.29, 1.82) is 0 Å². The number of halogens is 2. The Hall–Kier alpha value is -3.19. The Morgan fingerprint density at radius 2 is 1.90 bits per heavy atom. The molecular weight excluding hydrogens is 407 g/mol. The van der Waals surface area contributed by atoms with Gasteiger partial charge in [0.1, 0.15) is 12.2 Å². The molecular formula is C22H20ClFN4O2.